The normalized spacial score (nSPS) is 11.4. The van der Waals surface area contributed by atoms with Gasteiger partial charge in [0, 0.05) is 29.3 Å². The van der Waals surface area contributed by atoms with Crippen LogP contribution in [0.4, 0.5) is 5.69 Å². The summed E-state index contributed by atoms with van der Waals surface area (Å²) in [6.45, 7) is 1.95. The van der Waals surface area contributed by atoms with E-state index in [-0.39, 0.29) is 0 Å². The van der Waals surface area contributed by atoms with E-state index in [2.05, 4.69) is 14.7 Å². The van der Waals surface area contributed by atoms with E-state index < -0.39 is 10.0 Å². The molecule has 3 rings (SSSR count). The molecule has 0 bridgehead atoms. The monoisotopic (exact) mass is 373 g/mol. The minimum absolute atomic E-state index is 0.380. The van der Waals surface area contributed by atoms with E-state index in [0.29, 0.717) is 22.8 Å². The van der Waals surface area contributed by atoms with Crippen molar-refractivity contribution in [1.82, 2.24) is 9.97 Å². The second-order valence-corrected chi connectivity index (χ2v) is 7.60. The first-order chi connectivity index (χ1) is 12.3. The highest BCUT2D eigenvalue weighted by Gasteiger charge is 2.13. The van der Waals surface area contributed by atoms with Crippen LogP contribution in [-0.2, 0) is 10.0 Å². The van der Waals surface area contributed by atoms with Gasteiger partial charge in [0.1, 0.15) is 5.75 Å². The SMILES string of the molecule is COc1cc(-c2cc(C)c3cc(NS(C)(=O)=O)c(OC)cc3n2)ccn1. The van der Waals surface area contributed by atoms with E-state index in [9.17, 15) is 8.42 Å². The smallest absolute Gasteiger partial charge is 0.229 e. The largest absolute Gasteiger partial charge is 0.494 e. The van der Waals surface area contributed by atoms with E-state index in [1.165, 1.54) is 7.11 Å². The molecule has 0 amide bonds. The van der Waals surface area contributed by atoms with Crippen LogP contribution in [0, 0.1) is 6.92 Å². The quantitative estimate of drug-likeness (QED) is 0.739. The summed E-state index contributed by atoms with van der Waals surface area (Å²) in [7, 11) is -0.374. The molecule has 2 aromatic heterocycles. The van der Waals surface area contributed by atoms with Gasteiger partial charge < -0.3 is 9.47 Å². The van der Waals surface area contributed by atoms with Gasteiger partial charge in [0.15, 0.2) is 0 Å². The average molecular weight is 373 g/mol. The Bertz CT molecular complexity index is 1080. The number of aromatic nitrogens is 2. The molecule has 0 aliphatic carbocycles. The van der Waals surface area contributed by atoms with Gasteiger partial charge in [0.2, 0.25) is 15.9 Å². The molecule has 0 aliphatic rings. The van der Waals surface area contributed by atoms with Crippen molar-refractivity contribution >= 4 is 26.6 Å². The van der Waals surface area contributed by atoms with Crippen LogP contribution in [0.25, 0.3) is 22.2 Å². The van der Waals surface area contributed by atoms with E-state index in [1.54, 1.807) is 25.4 Å². The Morgan fingerprint density at radius 1 is 1.08 bits per heavy atom. The minimum atomic E-state index is -3.42. The molecule has 0 aliphatic heterocycles. The van der Waals surface area contributed by atoms with Crippen LogP contribution in [-0.4, -0.2) is 38.9 Å². The van der Waals surface area contributed by atoms with Crippen molar-refractivity contribution in [3.8, 4) is 22.9 Å². The lowest BCUT2D eigenvalue weighted by atomic mass is 10.0. The lowest BCUT2D eigenvalue weighted by Gasteiger charge is -2.13. The van der Waals surface area contributed by atoms with Crippen molar-refractivity contribution in [2.45, 2.75) is 6.92 Å². The highest BCUT2D eigenvalue weighted by molar-refractivity contribution is 7.92. The van der Waals surface area contributed by atoms with Crippen molar-refractivity contribution in [1.29, 1.82) is 0 Å². The van der Waals surface area contributed by atoms with Gasteiger partial charge in [0.05, 0.1) is 37.4 Å². The van der Waals surface area contributed by atoms with Crippen molar-refractivity contribution in [3.63, 3.8) is 0 Å². The second kappa shape index (κ2) is 6.80. The highest BCUT2D eigenvalue weighted by atomic mass is 32.2. The number of pyridine rings is 2. The standard InChI is InChI=1S/C18H19N3O4S/c1-11-7-14(12-5-6-19-18(8-12)25-3)20-15-10-17(24-2)16(9-13(11)15)21-26(4,22)23/h5-10,21H,1-4H3. The van der Waals surface area contributed by atoms with Gasteiger partial charge >= 0.3 is 0 Å². The molecule has 0 radical (unpaired) electrons. The van der Waals surface area contributed by atoms with Gasteiger partial charge in [-0.25, -0.2) is 18.4 Å². The third-order valence-electron chi connectivity index (χ3n) is 3.87. The third-order valence-corrected chi connectivity index (χ3v) is 4.46. The first-order valence-corrected chi connectivity index (χ1v) is 9.67. The number of benzene rings is 1. The first kappa shape index (κ1) is 17.9. The van der Waals surface area contributed by atoms with Gasteiger partial charge in [-0.3, -0.25) is 4.72 Å². The van der Waals surface area contributed by atoms with Crippen molar-refractivity contribution in [2.24, 2.45) is 0 Å². The van der Waals surface area contributed by atoms with Crippen LogP contribution in [0.15, 0.2) is 36.5 Å². The molecule has 0 atom stereocenters. The van der Waals surface area contributed by atoms with Crippen LogP contribution in [0.5, 0.6) is 11.6 Å². The van der Waals surface area contributed by atoms with Crippen LogP contribution >= 0.6 is 0 Å². The molecule has 0 fully saturated rings. The molecule has 8 heteroatoms. The zero-order valence-electron chi connectivity index (χ0n) is 14.9. The molecule has 136 valence electrons. The van der Waals surface area contributed by atoms with Crippen molar-refractivity contribution in [2.75, 3.05) is 25.2 Å². The zero-order chi connectivity index (χ0) is 18.9. The fraction of sp³-hybridized carbons (Fsp3) is 0.222. The Labute approximate surface area is 152 Å². The number of ether oxygens (including phenoxy) is 2. The summed E-state index contributed by atoms with van der Waals surface area (Å²) < 4.78 is 36.1. The van der Waals surface area contributed by atoms with Gasteiger partial charge in [-0.1, -0.05) is 0 Å². The molecule has 1 N–H and O–H groups in total. The molecular formula is C18H19N3O4S. The topological polar surface area (TPSA) is 90.4 Å². The fourth-order valence-electron chi connectivity index (χ4n) is 2.70. The van der Waals surface area contributed by atoms with Crippen LogP contribution < -0.4 is 14.2 Å². The lowest BCUT2D eigenvalue weighted by Crippen LogP contribution is -2.10. The number of nitrogens with one attached hydrogen (secondary N) is 1. The molecule has 0 spiro atoms. The summed E-state index contributed by atoms with van der Waals surface area (Å²) in [6, 6.07) is 9.05. The Morgan fingerprint density at radius 3 is 2.50 bits per heavy atom. The number of fused-ring (bicyclic) bond motifs is 1. The number of hydrogen-bond acceptors (Lipinski definition) is 6. The van der Waals surface area contributed by atoms with E-state index in [4.69, 9.17) is 9.47 Å². The Kier molecular flexibility index (Phi) is 4.69. The Morgan fingerprint density at radius 2 is 1.85 bits per heavy atom. The maximum Gasteiger partial charge on any atom is 0.229 e. The van der Waals surface area contributed by atoms with Crippen LogP contribution in [0.1, 0.15) is 5.56 Å². The molecule has 3 aromatic rings. The maximum absolute atomic E-state index is 11.6. The summed E-state index contributed by atoms with van der Waals surface area (Å²) >= 11 is 0. The van der Waals surface area contributed by atoms with Crippen molar-refractivity contribution in [3.05, 3.63) is 42.1 Å². The number of aryl methyl sites for hydroxylation is 1. The molecule has 26 heavy (non-hydrogen) atoms. The molecule has 7 nitrogen and oxygen atoms in total. The average Bonchev–Trinajstić information content (AvgIpc) is 2.60. The zero-order valence-corrected chi connectivity index (χ0v) is 15.7. The minimum Gasteiger partial charge on any atom is -0.494 e. The number of methoxy groups -OCH3 is 2. The summed E-state index contributed by atoms with van der Waals surface area (Å²) in [4.78, 5) is 8.79. The molecule has 0 saturated carbocycles. The van der Waals surface area contributed by atoms with Gasteiger partial charge in [-0.15, -0.1) is 0 Å². The maximum atomic E-state index is 11.6. The predicted molar refractivity (Wildman–Crippen MR) is 101 cm³/mol. The summed E-state index contributed by atoms with van der Waals surface area (Å²) in [5.41, 5.74) is 3.68. The molecule has 0 saturated heterocycles. The number of sulfonamides is 1. The Balaban J connectivity index is 2.18. The number of rotatable bonds is 5. The fourth-order valence-corrected chi connectivity index (χ4v) is 3.26. The van der Waals surface area contributed by atoms with Gasteiger partial charge in [-0.05, 0) is 30.7 Å². The second-order valence-electron chi connectivity index (χ2n) is 5.86. The van der Waals surface area contributed by atoms with E-state index >= 15 is 0 Å². The van der Waals surface area contributed by atoms with Gasteiger partial charge in [-0.2, -0.15) is 0 Å². The third kappa shape index (κ3) is 3.70. The Hall–Kier alpha value is -2.87. The predicted octanol–water partition coefficient (Wildman–Crippen LogP) is 2.99. The van der Waals surface area contributed by atoms with Crippen LogP contribution in [0.2, 0.25) is 0 Å². The molecular weight excluding hydrogens is 354 g/mol. The van der Waals surface area contributed by atoms with Crippen LogP contribution in [0.3, 0.4) is 0 Å². The molecule has 1 aromatic carbocycles. The number of nitrogens with zero attached hydrogens (tertiary/aromatic N) is 2. The number of anilines is 1. The van der Waals surface area contributed by atoms with E-state index in [0.717, 1.165) is 28.5 Å². The first-order valence-electron chi connectivity index (χ1n) is 7.78. The molecule has 2 heterocycles. The molecule has 0 unspecified atom stereocenters. The highest BCUT2D eigenvalue weighted by Crippen LogP contribution is 2.33. The lowest BCUT2D eigenvalue weighted by molar-refractivity contribution is 0.398. The summed E-state index contributed by atoms with van der Waals surface area (Å²) in [5, 5.41) is 0.835. The summed E-state index contributed by atoms with van der Waals surface area (Å²) in [5.74, 6) is 0.909. The summed E-state index contributed by atoms with van der Waals surface area (Å²) in [6.07, 6.45) is 2.76. The van der Waals surface area contributed by atoms with Gasteiger partial charge in [0.25, 0.3) is 0 Å². The number of hydrogen-bond donors (Lipinski definition) is 1. The van der Waals surface area contributed by atoms with E-state index in [1.807, 2.05) is 25.1 Å². The van der Waals surface area contributed by atoms with Crippen molar-refractivity contribution < 1.29 is 17.9 Å².